The first-order valence-electron chi connectivity index (χ1n) is 4.10. The summed E-state index contributed by atoms with van der Waals surface area (Å²) in [4.78, 5) is 19.0. The summed E-state index contributed by atoms with van der Waals surface area (Å²) in [5.41, 5.74) is 1.17. The fraction of sp³-hybridized carbons (Fsp3) is 0.222. The first-order valence-corrected chi connectivity index (χ1v) is 4.48. The lowest BCUT2D eigenvalue weighted by atomic mass is 10.3. The first-order chi connectivity index (χ1) is 6.58. The highest BCUT2D eigenvalue weighted by Gasteiger charge is 2.03. The van der Waals surface area contributed by atoms with Crippen LogP contribution in [0, 0.1) is 13.8 Å². The predicted molar refractivity (Wildman–Crippen MR) is 53.7 cm³/mol. The van der Waals surface area contributed by atoms with Crippen molar-refractivity contribution in [1.82, 2.24) is 14.4 Å². The van der Waals surface area contributed by atoms with E-state index in [1.54, 1.807) is 23.7 Å². The van der Waals surface area contributed by atoms with E-state index in [-0.39, 0.29) is 5.56 Å². The predicted octanol–water partition coefficient (Wildman–Crippen LogP) is 1.36. The molecule has 0 amide bonds. The molecule has 72 valence electrons. The van der Waals surface area contributed by atoms with Crippen molar-refractivity contribution in [2.24, 2.45) is 0 Å². The van der Waals surface area contributed by atoms with Crippen LogP contribution < -0.4 is 5.56 Å². The Morgan fingerprint density at radius 1 is 1.21 bits per heavy atom. The summed E-state index contributed by atoms with van der Waals surface area (Å²) in [6.45, 7) is 3.56. The molecule has 0 aliphatic heterocycles. The average molecular weight is 210 g/mol. The average Bonchev–Trinajstić information content (AvgIpc) is 2.11. The van der Waals surface area contributed by atoms with E-state index in [0.29, 0.717) is 16.5 Å². The van der Waals surface area contributed by atoms with E-state index in [4.69, 9.17) is 11.6 Å². The third-order valence-electron chi connectivity index (χ3n) is 1.96. The van der Waals surface area contributed by atoms with Crippen molar-refractivity contribution in [3.8, 4) is 0 Å². The Bertz CT molecular complexity index is 562. The second kappa shape index (κ2) is 3.06. The van der Waals surface area contributed by atoms with E-state index < -0.39 is 0 Å². The number of aryl methyl sites for hydroxylation is 2. The molecular weight excluding hydrogens is 202 g/mol. The molecule has 0 saturated carbocycles. The van der Waals surface area contributed by atoms with Crippen LogP contribution in [0.4, 0.5) is 0 Å². The molecule has 2 rings (SSSR count). The Labute approximate surface area is 85.2 Å². The maximum Gasteiger partial charge on any atom is 0.277 e. The zero-order chi connectivity index (χ0) is 10.3. The van der Waals surface area contributed by atoms with E-state index in [0.717, 1.165) is 5.56 Å². The molecule has 4 nitrogen and oxygen atoms in total. The monoisotopic (exact) mass is 209 g/mol. The minimum absolute atomic E-state index is 0.266. The highest BCUT2D eigenvalue weighted by Crippen LogP contribution is 2.11. The van der Waals surface area contributed by atoms with Crippen molar-refractivity contribution in [1.29, 1.82) is 0 Å². The largest absolute Gasteiger partial charge is 0.292 e. The van der Waals surface area contributed by atoms with Gasteiger partial charge in [0.1, 0.15) is 5.15 Å². The van der Waals surface area contributed by atoms with Crippen LogP contribution >= 0.6 is 11.6 Å². The van der Waals surface area contributed by atoms with Gasteiger partial charge in [0.25, 0.3) is 5.56 Å². The molecule has 0 aromatic carbocycles. The molecule has 0 saturated heterocycles. The minimum Gasteiger partial charge on any atom is -0.292 e. The van der Waals surface area contributed by atoms with Crippen molar-refractivity contribution in [3.63, 3.8) is 0 Å². The number of halogens is 1. The van der Waals surface area contributed by atoms with Gasteiger partial charge >= 0.3 is 0 Å². The summed E-state index contributed by atoms with van der Waals surface area (Å²) < 4.78 is 1.69. The van der Waals surface area contributed by atoms with Gasteiger partial charge in [-0.3, -0.25) is 9.20 Å². The van der Waals surface area contributed by atoms with Crippen LogP contribution in [0.25, 0.3) is 5.78 Å². The van der Waals surface area contributed by atoms with Gasteiger partial charge in [0, 0.05) is 23.5 Å². The van der Waals surface area contributed by atoms with Gasteiger partial charge in [0.05, 0.1) is 0 Å². The van der Waals surface area contributed by atoms with Gasteiger partial charge in [-0.2, -0.15) is 9.97 Å². The lowest BCUT2D eigenvalue weighted by molar-refractivity contribution is 0.981. The Morgan fingerprint density at radius 3 is 2.57 bits per heavy atom. The fourth-order valence-corrected chi connectivity index (χ4v) is 1.30. The number of nitrogens with zero attached hydrogens (tertiary/aromatic N) is 3. The Balaban J connectivity index is 2.90. The second-order valence-electron chi connectivity index (χ2n) is 3.15. The van der Waals surface area contributed by atoms with Gasteiger partial charge in [-0.05, 0) is 13.8 Å². The van der Waals surface area contributed by atoms with Crippen LogP contribution in [0.5, 0.6) is 0 Å². The summed E-state index contributed by atoms with van der Waals surface area (Å²) in [7, 11) is 0. The van der Waals surface area contributed by atoms with Crippen LogP contribution in [-0.2, 0) is 0 Å². The van der Waals surface area contributed by atoms with Crippen molar-refractivity contribution in [2.45, 2.75) is 13.8 Å². The van der Waals surface area contributed by atoms with E-state index in [9.17, 15) is 4.79 Å². The molecule has 2 aromatic rings. The van der Waals surface area contributed by atoms with Gasteiger partial charge in [-0.1, -0.05) is 11.6 Å². The lowest BCUT2D eigenvalue weighted by Crippen LogP contribution is -2.13. The molecule has 0 N–H and O–H groups in total. The van der Waals surface area contributed by atoms with Crippen molar-refractivity contribution in [2.75, 3.05) is 0 Å². The number of aromatic nitrogens is 3. The fourth-order valence-electron chi connectivity index (χ4n) is 1.17. The topological polar surface area (TPSA) is 47.3 Å². The van der Waals surface area contributed by atoms with Gasteiger partial charge in [0.2, 0.25) is 5.78 Å². The quantitative estimate of drug-likeness (QED) is 0.616. The van der Waals surface area contributed by atoms with Crippen molar-refractivity contribution >= 4 is 17.4 Å². The van der Waals surface area contributed by atoms with E-state index >= 15 is 0 Å². The molecule has 2 heterocycles. The van der Waals surface area contributed by atoms with E-state index in [1.807, 2.05) is 6.92 Å². The molecule has 0 atom stereocenters. The second-order valence-corrected chi connectivity index (χ2v) is 3.51. The van der Waals surface area contributed by atoms with Crippen LogP contribution in [0.3, 0.4) is 0 Å². The van der Waals surface area contributed by atoms with Gasteiger partial charge in [0.15, 0.2) is 0 Å². The van der Waals surface area contributed by atoms with E-state index in [2.05, 4.69) is 9.97 Å². The SMILES string of the molecule is Cc1cn2cc(C)c(=O)nc2nc1Cl. The van der Waals surface area contributed by atoms with Crippen LogP contribution in [0.15, 0.2) is 17.2 Å². The number of hydrogen-bond acceptors (Lipinski definition) is 3. The lowest BCUT2D eigenvalue weighted by Gasteiger charge is -2.02. The van der Waals surface area contributed by atoms with Crippen molar-refractivity contribution in [3.05, 3.63) is 39.0 Å². The molecule has 0 aliphatic rings. The summed E-state index contributed by atoms with van der Waals surface area (Å²) in [5, 5.41) is 0.376. The molecular formula is C9H8ClN3O. The molecule has 0 bridgehead atoms. The third-order valence-corrected chi connectivity index (χ3v) is 2.34. The maximum absolute atomic E-state index is 11.2. The third kappa shape index (κ3) is 1.37. The maximum atomic E-state index is 11.2. The summed E-state index contributed by atoms with van der Waals surface area (Å²) in [6.07, 6.45) is 3.49. The molecule has 0 unspecified atom stereocenters. The molecule has 0 radical (unpaired) electrons. The van der Waals surface area contributed by atoms with Crippen molar-refractivity contribution < 1.29 is 0 Å². The zero-order valence-electron chi connectivity index (χ0n) is 7.78. The highest BCUT2D eigenvalue weighted by molar-refractivity contribution is 6.30. The van der Waals surface area contributed by atoms with Gasteiger partial charge in [-0.15, -0.1) is 0 Å². The summed E-state index contributed by atoms with van der Waals surface area (Å²) in [6, 6.07) is 0. The molecule has 14 heavy (non-hydrogen) atoms. The molecule has 2 aromatic heterocycles. The van der Waals surface area contributed by atoms with Gasteiger partial charge in [-0.25, -0.2) is 0 Å². The Kier molecular flexibility index (Phi) is 2.00. The smallest absolute Gasteiger partial charge is 0.277 e. The van der Waals surface area contributed by atoms with Crippen LogP contribution in [0.1, 0.15) is 11.1 Å². The summed E-state index contributed by atoms with van der Waals surface area (Å²) >= 11 is 5.81. The number of fused-ring (bicyclic) bond motifs is 1. The molecule has 5 heteroatoms. The number of hydrogen-bond donors (Lipinski definition) is 0. The summed E-state index contributed by atoms with van der Waals surface area (Å²) in [5.74, 6) is 0.330. The Hall–Kier alpha value is -1.42. The Morgan fingerprint density at radius 2 is 1.86 bits per heavy atom. The van der Waals surface area contributed by atoms with E-state index in [1.165, 1.54) is 0 Å². The molecule has 0 fully saturated rings. The normalized spacial score (nSPS) is 10.8. The molecule has 0 aliphatic carbocycles. The molecule has 0 spiro atoms. The first kappa shape index (κ1) is 9.15. The highest BCUT2D eigenvalue weighted by atomic mass is 35.5. The van der Waals surface area contributed by atoms with Crippen LogP contribution in [0.2, 0.25) is 5.15 Å². The number of rotatable bonds is 0. The standard InChI is InChI=1S/C9H8ClN3O/c1-5-3-13-4-6(2)8(14)12-9(13)11-7(5)10/h3-4H,1-2H3. The van der Waals surface area contributed by atoms with Crippen LogP contribution in [-0.4, -0.2) is 14.4 Å². The minimum atomic E-state index is -0.266. The van der Waals surface area contributed by atoms with Gasteiger partial charge < -0.3 is 0 Å². The zero-order valence-corrected chi connectivity index (χ0v) is 8.54.